The van der Waals surface area contributed by atoms with Crippen molar-refractivity contribution < 1.29 is 14.7 Å². The van der Waals surface area contributed by atoms with Crippen molar-refractivity contribution >= 4 is 17.6 Å². The number of aliphatic carboxylic acids is 1. The van der Waals surface area contributed by atoms with Gasteiger partial charge in [-0.25, -0.2) is 0 Å². The van der Waals surface area contributed by atoms with Crippen LogP contribution in [0.5, 0.6) is 0 Å². The Labute approximate surface area is 124 Å². The van der Waals surface area contributed by atoms with Gasteiger partial charge in [0.2, 0.25) is 5.91 Å². The maximum absolute atomic E-state index is 11.9. The van der Waals surface area contributed by atoms with E-state index in [1.807, 2.05) is 32.2 Å². The zero-order valence-electron chi connectivity index (χ0n) is 12.5. The van der Waals surface area contributed by atoms with Gasteiger partial charge in [0.1, 0.15) is 6.04 Å². The van der Waals surface area contributed by atoms with Gasteiger partial charge >= 0.3 is 5.97 Å². The molecule has 0 aromatic heterocycles. The van der Waals surface area contributed by atoms with Gasteiger partial charge in [-0.3, -0.25) is 9.59 Å². The Bertz CT molecular complexity index is 477. The lowest BCUT2D eigenvalue weighted by molar-refractivity contribution is -0.141. The summed E-state index contributed by atoms with van der Waals surface area (Å²) in [6, 6.07) is 6.52. The van der Waals surface area contributed by atoms with Crippen LogP contribution in [0.4, 0.5) is 5.69 Å². The SMILES string of the molecule is CNCCCN[C@@H](CC(=O)Nc1cccc(C)c1)C(=O)O. The predicted octanol–water partition coefficient (Wildman–Crippen LogP) is 0.976. The van der Waals surface area contributed by atoms with Gasteiger partial charge in [-0.1, -0.05) is 12.1 Å². The second-order valence-electron chi connectivity index (χ2n) is 4.92. The van der Waals surface area contributed by atoms with Gasteiger partial charge in [0.15, 0.2) is 0 Å². The molecule has 0 aliphatic carbocycles. The summed E-state index contributed by atoms with van der Waals surface area (Å²) in [7, 11) is 1.84. The predicted molar refractivity (Wildman–Crippen MR) is 82.4 cm³/mol. The second-order valence-corrected chi connectivity index (χ2v) is 4.92. The Morgan fingerprint density at radius 2 is 2.05 bits per heavy atom. The lowest BCUT2D eigenvalue weighted by Gasteiger charge is -2.14. The zero-order valence-corrected chi connectivity index (χ0v) is 12.5. The molecule has 6 nitrogen and oxygen atoms in total. The minimum atomic E-state index is -1.01. The number of amides is 1. The van der Waals surface area contributed by atoms with Crippen LogP contribution < -0.4 is 16.0 Å². The third-order valence-electron chi connectivity index (χ3n) is 2.98. The maximum Gasteiger partial charge on any atom is 0.321 e. The molecule has 0 aliphatic heterocycles. The highest BCUT2D eigenvalue weighted by Gasteiger charge is 2.20. The molecule has 1 aromatic rings. The van der Waals surface area contributed by atoms with Gasteiger partial charge in [0.05, 0.1) is 6.42 Å². The van der Waals surface area contributed by atoms with E-state index in [0.717, 1.165) is 18.5 Å². The summed E-state index contributed by atoms with van der Waals surface area (Å²) < 4.78 is 0. The summed E-state index contributed by atoms with van der Waals surface area (Å²) in [6.07, 6.45) is 0.711. The summed E-state index contributed by atoms with van der Waals surface area (Å²) in [4.78, 5) is 23.0. The zero-order chi connectivity index (χ0) is 15.7. The Balaban J connectivity index is 2.46. The van der Waals surface area contributed by atoms with Crippen LogP contribution in [0, 0.1) is 6.92 Å². The van der Waals surface area contributed by atoms with Crippen molar-refractivity contribution in [3.63, 3.8) is 0 Å². The molecular weight excluding hydrogens is 270 g/mol. The summed E-state index contributed by atoms with van der Waals surface area (Å²) in [5.74, 6) is -1.33. The fourth-order valence-corrected chi connectivity index (χ4v) is 1.91. The number of anilines is 1. The van der Waals surface area contributed by atoms with Crippen LogP contribution >= 0.6 is 0 Å². The van der Waals surface area contributed by atoms with E-state index < -0.39 is 12.0 Å². The maximum atomic E-state index is 11.9. The molecule has 0 radical (unpaired) electrons. The number of carbonyl (C=O) groups excluding carboxylic acids is 1. The summed E-state index contributed by atoms with van der Waals surface area (Å²) in [6.45, 7) is 3.28. The molecule has 4 N–H and O–H groups in total. The molecular formula is C15H23N3O3. The molecule has 6 heteroatoms. The first-order chi connectivity index (χ1) is 10.0. The standard InChI is InChI=1S/C15H23N3O3/c1-11-5-3-6-12(9-11)18-14(19)10-13(15(20)21)17-8-4-7-16-2/h3,5-6,9,13,16-17H,4,7-8,10H2,1-2H3,(H,18,19)(H,20,21)/t13-/m0/s1. The monoisotopic (exact) mass is 293 g/mol. The molecule has 1 rings (SSSR count). The molecule has 116 valence electrons. The Hall–Kier alpha value is -1.92. The van der Waals surface area contributed by atoms with E-state index in [1.165, 1.54) is 0 Å². The van der Waals surface area contributed by atoms with Crippen LogP contribution in [0.3, 0.4) is 0 Å². The molecule has 1 atom stereocenters. The second kappa shape index (κ2) is 9.10. The van der Waals surface area contributed by atoms with E-state index >= 15 is 0 Å². The quantitative estimate of drug-likeness (QED) is 0.510. The van der Waals surface area contributed by atoms with Gasteiger partial charge in [0.25, 0.3) is 0 Å². The number of carbonyl (C=O) groups is 2. The average molecular weight is 293 g/mol. The van der Waals surface area contributed by atoms with Crippen molar-refractivity contribution in [3.8, 4) is 0 Å². The number of benzene rings is 1. The van der Waals surface area contributed by atoms with Crippen molar-refractivity contribution in [3.05, 3.63) is 29.8 Å². The fraction of sp³-hybridized carbons (Fsp3) is 0.467. The lowest BCUT2D eigenvalue weighted by Crippen LogP contribution is -2.40. The van der Waals surface area contributed by atoms with Gasteiger partial charge in [-0.05, 0) is 51.2 Å². The molecule has 0 saturated carbocycles. The number of carboxylic acid groups (broad SMARTS) is 1. The number of rotatable bonds is 9. The van der Waals surface area contributed by atoms with Crippen molar-refractivity contribution in [1.82, 2.24) is 10.6 Å². The number of hydrogen-bond acceptors (Lipinski definition) is 4. The highest BCUT2D eigenvalue weighted by molar-refractivity contribution is 5.94. The molecule has 21 heavy (non-hydrogen) atoms. The highest BCUT2D eigenvalue weighted by Crippen LogP contribution is 2.10. The Morgan fingerprint density at radius 3 is 2.67 bits per heavy atom. The van der Waals surface area contributed by atoms with Crippen LogP contribution in [0.1, 0.15) is 18.4 Å². The van der Waals surface area contributed by atoms with E-state index in [-0.39, 0.29) is 12.3 Å². The average Bonchev–Trinajstić information content (AvgIpc) is 2.42. The smallest absolute Gasteiger partial charge is 0.321 e. The lowest BCUT2D eigenvalue weighted by atomic mass is 10.1. The number of hydrogen-bond donors (Lipinski definition) is 4. The number of nitrogens with one attached hydrogen (secondary N) is 3. The van der Waals surface area contributed by atoms with E-state index in [4.69, 9.17) is 5.11 Å². The first-order valence-corrected chi connectivity index (χ1v) is 7.00. The fourth-order valence-electron chi connectivity index (χ4n) is 1.91. The molecule has 0 bridgehead atoms. The van der Waals surface area contributed by atoms with Gasteiger partial charge in [-0.2, -0.15) is 0 Å². The first-order valence-electron chi connectivity index (χ1n) is 7.00. The third-order valence-corrected chi connectivity index (χ3v) is 2.98. The summed E-state index contributed by atoms with van der Waals surface area (Å²) >= 11 is 0. The van der Waals surface area contributed by atoms with Crippen molar-refractivity contribution in [2.75, 3.05) is 25.5 Å². The van der Waals surface area contributed by atoms with Gasteiger partial charge in [0, 0.05) is 5.69 Å². The van der Waals surface area contributed by atoms with Crippen molar-refractivity contribution in [2.24, 2.45) is 0 Å². The van der Waals surface area contributed by atoms with Crippen molar-refractivity contribution in [2.45, 2.75) is 25.8 Å². The molecule has 0 spiro atoms. The Morgan fingerprint density at radius 1 is 1.29 bits per heavy atom. The largest absolute Gasteiger partial charge is 0.480 e. The van der Waals surface area contributed by atoms with E-state index in [9.17, 15) is 9.59 Å². The minimum absolute atomic E-state index is 0.0944. The molecule has 0 aliphatic rings. The molecule has 0 unspecified atom stereocenters. The van der Waals surface area contributed by atoms with E-state index in [0.29, 0.717) is 12.2 Å². The summed E-state index contributed by atoms with van der Waals surface area (Å²) in [5, 5.41) is 17.7. The molecule has 0 fully saturated rings. The van der Waals surface area contributed by atoms with Crippen LogP contribution in [0.25, 0.3) is 0 Å². The van der Waals surface area contributed by atoms with E-state index in [2.05, 4.69) is 16.0 Å². The first kappa shape index (κ1) is 17.1. The van der Waals surface area contributed by atoms with E-state index in [1.54, 1.807) is 6.07 Å². The third kappa shape index (κ3) is 6.87. The Kier molecular flexibility index (Phi) is 7.42. The van der Waals surface area contributed by atoms with Crippen molar-refractivity contribution in [1.29, 1.82) is 0 Å². The number of aryl methyl sites for hydroxylation is 1. The van der Waals surface area contributed by atoms with Crippen LogP contribution in [0.2, 0.25) is 0 Å². The summed E-state index contributed by atoms with van der Waals surface area (Å²) in [5.41, 5.74) is 1.71. The van der Waals surface area contributed by atoms with Crippen LogP contribution in [-0.4, -0.2) is 43.2 Å². The molecule has 1 amide bonds. The van der Waals surface area contributed by atoms with Gasteiger partial charge < -0.3 is 21.1 Å². The minimum Gasteiger partial charge on any atom is -0.480 e. The normalized spacial score (nSPS) is 11.9. The molecule has 1 aromatic carbocycles. The highest BCUT2D eigenvalue weighted by atomic mass is 16.4. The molecule has 0 saturated heterocycles. The number of carboxylic acids is 1. The topological polar surface area (TPSA) is 90.5 Å². The van der Waals surface area contributed by atoms with Gasteiger partial charge in [-0.15, -0.1) is 0 Å². The molecule has 0 heterocycles. The van der Waals surface area contributed by atoms with Crippen LogP contribution in [0.15, 0.2) is 24.3 Å². The van der Waals surface area contributed by atoms with Crippen LogP contribution in [-0.2, 0) is 9.59 Å².